The molecule has 6 heteroatoms. The predicted octanol–water partition coefficient (Wildman–Crippen LogP) is 1.66. The van der Waals surface area contributed by atoms with Gasteiger partial charge in [0.15, 0.2) is 0 Å². The van der Waals surface area contributed by atoms with Crippen LogP contribution < -0.4 is 10.2 Å². The molecule has 1 aromatic heterocycles. The molecule has 0 saturated carbocycles. The molecule has 3 atom stereocenters. The first-order valence-electron chi connectivity index (χ1n) is 8.32. The molecule has 122 valence electrons. The number of ether oxygens (including phenoxy) is 1. The van der Waals surface area contributed by atoms with Crippen LogP contribution in [-0.4, -0.2) is 53.5 Å². The highest BCUT2D eigenvalue weighted by Crippen LogP contribution is 2.23. The highest BCUT2D eigenvalue weighted by molar-refractivity contribution is 5.49. The molecule has 2 saturated heterocycles. The summed E-state index contributed by atoms with van der Waals surface area (Å²) in [5.74, 6) is 2.14. The molecule has 22 heavy (non-hydrogen) atoms. The number of rotatable bonds is 5. The molecular weight excluding hydrogens is 280 g/mol. The summed E-state index contributed by atoms with van der Waals surface area (Å²) in [5.41, 5.74) is 0. The van der Waals surface area contributed by atoms with E-state index in [0.717, 1.165) is 57.0 Å². The molecular formula is C16H26N4O2. The predicted molar refractivity (Wildman–Crippen MR) is 86.1 cm³/mol. The van der Waals surface area contributed by atoms with Gasteiger partial charge in [-0.3, -0.25) is 0 Å². The summed E-state index contributed by atoms with van der Waals surface area (Å²) in [6, 6.07) is 2.25. The van der Waals surface area contributed by atoms with Crippen molar-refractivity contribution in [2.45, 2.75) is 44.8 Å². The van der Waals surface area contributed by atoms with Crippen molar-refractivity contribution in [2.75, 3.05) is 36.5 Å². The van der Waals surface area contributed by atoms with Crippen LogP contribution in [0.25, 0.3) is 0 Å². The maximum Gasteiger partial charge on any atom is 0.134 e. The van der Waals surface area contributed by atoms with Gasteiger partial charge < -0.3 is 20.1 Å². The van der Waals surface area contributed by atoms with Gasteiger partial charge in [0.25, 0.3) is 0 Å². The fourth-order valence-electron chi connectivity index (χ4n) is 3.34. The lowest BCUT2D eigenvalue weighted by Crippen LogP contribution is -2.37. The van der Waals surface area contributed by atoms with Gasteiger partial charge in [-0.05, 0) is 38.5 Å². The van der Waals surface area contributed by atoms with Crippen molar-refractivity contribution < 1.29 is 9.84 Å². The minimum absolute atomic E-state index is 0.247. The number of aliphatic hydroxyl groups excluding tert-OH is 1. The van der Waals surface area contributed by atoms with Crippen molar-refractivity contribution in [1.29, 1.82) is 0 Å². The van der Waals surface area contributed by atoms with E-state index in [4.69, 9.17) is 4.74 Å². The number of aromatic nitrogens is 2. The van der Waals surface area contributed by atoms with Gasteiger partial charge in [0.2, 0.25) is 0 Å². The Bertz CT molecular complexity index is 479. The van der Waals surface area contributed by atoms with Crippen molar-refractivity contribution in [3.05, 3.63) is 12.4 Å². The number of hydrogen-bond acceptors (Lipinski definition) is 6. The lowest BCUT2D eigenvalue weighted by atomic mass is 9.99. The van der Waals surface area contributed by atoms with Crippen molar-refractivity contribution in [3.8, 4) is 0 Å². The van der Waals surface area contributed by atoms with Crippen LogP contribution in [0.5, 0.6) is 0 Å². The SMILES string of the molecule is C[C@H](Nc1cc(N2CCC[C@H](CO)C2)ncn1)[C@@H]1CCCO1. The molecule has 2 N–H and O–H groups in total. The van der Waals surface area contributed by atoms with E-state index in [0.29, 0.717) is 5.92 Å². The van der Waals surface area contributed by atoms with Gasteiger partial charge in [-0.1, -0.05) is 0 Å². The Morgan fingerprint density at radius 3 is 3.09 bits per heavy atom. The Labute approximate surface area is 131 Å². The molecule has 0 spiro atoms. The highest BCUT2D eigenvalue weighted by Gasteiger charge is 2.23. The van der Waals surface area contributed by atoms with Gasteiger partial charge in [-0.15, -0.1) is 0 Å². The monoisotopic (exact) mass is 306 g/mol. The van der Waals surface area contributed by atoms with E-state index >= 15 is 0 Å². The zero-order chi connectivity index (χ0) is 15.4. The average Bonchev–Trinajstić information content (AvgIpc) is 3.10. The summed E-state index contributed by atoms with van der Waals surface area (Å²) in [5, 5.41) is 12.8. The van der Waals surface area contributed by atoms with Crippen LogP contribution in [-0.2, 0) is 4.74 Å². The van der Waals surface area contributed by atoms with Crippen molar-refractivity contribution in [2.24, 2.45) is 5.92 Å². The van der Waals surface area contributed by atoms with Crippen molar-refractivity contribution >= 4 is 11.6 Å². The van der Waals surface area contributed by atoms with E-state index < -0.39 is 0 Å². The van der Waals surface area contributed by atoms with Crippen LogP contribution in [0.15, 0.2) is 12.4 Å². The van der Waals surface area contributed by atoms with Crippen LogP contribution in [0.2, 0.25) is 0 Å². The smallest absolute Gasteiger partial charge is 0.134 e. The molecule has 0 amide bonds. The third kappa shape index (κ3) is 3.67. The Kier molecular flexibility index (Phi) is 5.10. The minimum Gasteiger partial charge on any atom is -0.396 e. The Morgan fingerprint density at radius 1 is 1.41 bits per heavy atom. The molecule has 6 nitrogen and oxygen atoms in total. The molecule has 3 heterocycles. The first-order chi connectivity index (χ1) is 10.8. The molecule has 0 aliphatic carbocycles. The second-order valence-corrected chi connectivity index (χ2v) is 6.38. The third-order valence-corrected chi connectivity index (χ3v) is 4.65. The van der Waals surface area contributed by atoms with E-state index in [1.807, 2.05) is 6.07 Å². The quantitative estimate of drug-likeness (QED) is 0.862. The average molecular weight is 306 g/mol. The normalized spacial score (nSPS) is 26.9. The van der Waals surface area contributed by atoms with Crippen LogP contribution in [0, 0.1) is 5.92 Å². The highest BCUT2D eigenvalue weighted by atomic mass is 16.5. The summed E-state index contributed by atoms with van der Waals surface area (Å²) in [4.78, 5) is 11.0. The Morgan fingerprint density at radius 2 is 2.32 bits per heavy atom. The molecule has 0 unspecified atom stereocenters. The van der Waals surface area contributed by atoms with Gasteiger partial charge in [-0.2, -0.15) is 0 Å². The second kappa shape index (κ2) is 7.24. The maximum absolute atomic E-state index is 9.36. The molecule has 2 fully saturated rings. The van der Waals surface area contributed by atoms with E-state index in [9.17, 15) is 5.11 Å². The lowest BCUT2D eigenvalue weighted by molar-refractivity contribution is 0.0995. The van der Waals surface area contributed by atoms with Crippen LogP contribution in [0.4, 0.5) is 11.6 Å². The number of anilines is 2. The zero-order valence-electron chi connectivity index (χ0n) is 13.2. The van der Waals surface area contributed by atoms with Gasteiger partial charge in [-0.25, -0.2) is 9.97 Å². The second-order valence-electron chi connectivity index (χ2n) is 6.38. The zero-order valence-corrected chi connectivity index (χ0v) is 13.2. The number of aliphatic hydroxyl groups is 1. The fourth-order valence-corrected chi connectivity index (χ4v) is 3.34. The number of hydrogen-bond donors (Lipinski definition) is 2. The number of nitrogens with zero attached hydrogens (tertiary/aromatic N) is 3. The van der Waals surface area contributed by atoms with Crippen molar-refractivity contribution in [3.63, 3.8) is 0 Å². The van der Waals surface area contributed by atoms with E-state index in [2.05, 4.69) is 27.1 Å². The molecule has 0 aromatic carbocycles. The summed E-state index contributed by atoms with van der Waals surface area (Å²) in [7, 11) is 0. The summed E-state index contributed by atoms with van der Waals surface area (Å²) in [6.07, 6.45) is 6.33. The third-order valence-electron chi connectivity index (χ3n) is 4.65. The van der Waals surface area contributed by atoms with Gasteiger partial charge in [0.1, 0.15) is 18.0 Å². The van der Waals surface area contributed by atoms with E-state index in [-0.39, 0.29) is 18.8 Å². The number of piperidine rings is 1. The summed E-state index contributed by atoms with van der Waals surface area (Å²) < 4.78 is 5.72. The number of nitrogens with one attached hydrogen (secondary N) is 1. The molecule has 1 aromatic rings. The first-order valence-corrected chi connectivity index (χ1v) is 8.32. The topological polar surface area (TPSA) is 70.5 Å². The summed E-state index contributed by atoms with van der Waals surface area (Å²) in [6.45, 7) is 5.12. The minimum atomic E-state index is 0.247. The standard InChI is InChI=1S/C16H26N4O2/c1-12(14-5-3-7-22-14)19-15-8-16(18-11-17-15)20-6-2-4-13(9-20)10-21/h8,11-14,21H,2-7,9-10H2,1H3,(H,17,18,19)/t12-,13-,14-/m0/s1. The molecule has 2 aliphatic heterocycles. The van der Waals surface area contributed by atoms with Crippen LogP contribution in [0.1, 0.15) is 32.6 Å². The maximum atomic E-state index is 9.36. The van der Waals surface area contributed by atoms with Gasteiger partial charge >= 0.3 is 0 Å². The van der Waals surface area contributed by atoms with Gasteiger partial charge in [0.05, 0.1) is 12.1 Å². The summed E-state index contributed by atoms with van der Waals surface area (Å²) >= 11 is 0. The van der Waals surface area contributed by atoms with Gasteiger partial charge in [0, 0.05) is 32.4 Å². The molecule has 2 aliphatic rings. The largest absolute Gasteiger partial charge is 0.396 e. The van der Waals surface area contributed by atoms with E-state index in [1.54, 1.807) is 6.33 Å². The molecule has 3 rings (SSSR count). The van der Waals surface area contributed by atoms with E-state index in [1.165, 1.54) is 0 Å². The lowest BCUT2D eigenvalue weighted by Gasteiger charge is -2.32. The first kappa shape index (κ1) is 15.5. The fraction of sp³-hybridized carbons (Fsp3) is 0.750. The Balaban J connectivity index is 1.64. The molecule has 0 bridgehead atoms. The van der Waals surface area contributed by atoms with Crippen LogP contribution in [0.3, 0.4) is 0 Å². The van der Waals surface area contributed by atoms with Crippen LogP contribution >= 0.6 is 0 Å². The molecule has 0 radical (unpaired) electrons. The van der Waals surface area contributed by atoms with Crippen molar-refractivity contribution in [1.82, 2.24) is 9.97 Å². The Hall–Kier alpha value is -1.40.